The summed E-state index contributed by atoms with van der Waals surface area (Å²) in [6.07, 6.45) is 0. The molecule has 0 aliphatic heterocycles. The van der Waals surface area contributed by atoms with Crippen LogP contribution in [0.3, 0.4) is 0 Å². The maximum absolute atomic E-state index is 2.38. The third-order valence-corrected chi connectivity index (χ3v) is 4.59. The van der Waals surface area contributed by atoms with Crippen LogP contribution in [-0.2, 0) is 26.2 Å². The molecule has 0 radical (unpaired) electrons. The summed E-state index contributed by atoms with van der Waals surface area (Å²) in [5.74, 6) is 0. The quantitative estimate of drug-likeness (QED) is 0.570. The third-order valence-electron chi connectivity index (χ3n) is 4.59. The molecule has 0 aromatic heterocycles. The van der Waals surface area contributed by atoms with Gasteiger partial charge in [-0.3, -0.25) is 9.80 Å². The van der Waals surface area contributed by atoms with Gasteiger partial charge in [-0.25, -0.2) is 0 Å². The van der Waals surface area contributed by atoms with E-state index in [9.17, 15) is 0 Å². The molecule has 0 bridgehead atoms. The van der Waals surface area contributed by atoms with Crippen molar-refractivity contribution in [2.24, 2.45) is 0 Å². The van der Waals surface area contributed by atoms with E-state index in [4.69, 9.17) is 0 Å². The summed E-state index contributed by atoms with van der Waals surface area (Å²) in [5.41, 5.74) is 5.53. The topological polar surface area (TPSA) is 6.48 Å². The number of hydrogen-bond donors (Lipinski definition) is 0. The summed E-state index contributed by atoms with van der Waals surface area (Å²) in [4.78, 5) is 4.76. The molecule has 0 atom stereocenters. The normalized spacial score (nSPS) is 11.2. The average molecular weight is 345 g/mol. The summed E-state index contributed by atoms with van der Waals surface area (Å²) in [6.45, 7) is 3.86. The highest BCUT2D eigenvalue weighted by Gasteiger charge is 2.09. The van der Waals surface area contributed by atoms with Gasteiger partial charge in [0.2, 0.25) is 0 Å². The van der Waals surface area contributed by atoms with E-state index in [0.29, 0.717) is 0 Å². The zero-order valence-electron chi connectivity index (χ0n) is 15.8. The number of nitrogens with zero attached hydrogens (tertiary/aromatic N) is 2. The Balaban J connectivity index is 1.62. The van der Waals surface area contributed by atoms with Crippen molar-refractivity contribution in [3.05, 3.63) is 107 Å². The van der Waals surface area contributed by atoms with Gasteiger partial charge in [-0.15, -0.1) is 0 Å². The van der Waals surface area contributed by atoms with Crippen molar-refractivity contribution in [1.82, 2.24) is 9.80 Å². The zero-order valence-corrected chi connectivity index (χ0v) is 15.8. The fourth-order valence-electron chi connectivity index (χ4n) is 3.35. The van der Waals surface area contributed by atoms with E-state index < -0.39 is 0 Å². The second-order valence-corrected chi connectivity index (χ2v) is 7.08. The lowest BCUT2D eigenvalue weighted by Crippen LogP contribution is -2.21. The van der Waals surface area contributed by atoms with Crippen LogP contribution < -0.4 is 0 Å². The van der Waals surface area contributed by atoms with E-state index >= 15 is 0 Å². The van der Waals surface area contributed by atoms with Gasteiger partial charge in [-0.1, -0.05) is 84.9 Å². The molecule has 0 aliphatic carbocycles. The highest BCUT2D eigenvalue weighted by Crippen LogP contribution is 2.16. The standard InChI is InChI=1S/C24H28N2/c1-25(17-21-11-5-3-6-12-21)19-23-15-9-10-16-24(23)20-26(2)18-22-13-7-4-8-14-22/h3-16H,17-20H2,1-2H3. The first-order chi connectivity index (χ1) is 12.7. The minimum absolute atomic E-state index is 0.963. The molecule has 0 heterocycles. The van der Waals surface area contributed by atoms with Gasteiger partial charge < -0.3 is 0 Å². The molecule has 0 saturated heterocycles. The Kier molecular flexibility index (Phi) is 6.59. The Labute approximate surface area is 157 Å². The maximum Gasteiger partial charge on any atom is 0.0237 e. The second-order valence-electron chi connectivity index (χ2n) is 7.08. The lowest BCUT2D eigenvalue weighted by Gasteiger charge is -2.22. The largest absolute Gasteiger partial charge is 0.298 e. The fraction of sp³-hybridized carbons (Fsp3) is 0.250. The van der Waals surface area contributed by atoms with E-state index in [1.165, 1.54) is 22.3 Å². The molecule has 134 valence electrons. The Bertz CT molecular complexity index is 715. The van der Waals surface area contributed by atoms with Gasteiger partial charge in [0.15, 0.2) is 0 Å². The number of rotatable bonds is 8. The molecule has 0 spiro atoms. The first-order valence-corrected chi connectivity index (χ1v) is 9.22. The molecule has 2 heteroatoms. The van der Waals surface area contributed by atoms with E-state index in [2.05, 4.69) is 109 Å². The molecule has 26 heavy (non-hydrogen) atoms. The van der Waals surface area contributed by atoms with Gasteiger partial charge in [-0.05, 0) is 36.3 Å². The molecule has 3 aromatic carbocycles. The minimum Gasteiger partial charge on any atom is -0.298 e. The minimum atomic E-state index is 0.963. The Hall–Kier alpha value is -2.42. The number of benzene rings is 3. The SMILES string of the molecule is CN(Cc1ccccc1)Cc1ccccc1CN(C)Cc1ccccc1. The van der Waals surface area contributed by atoms with Crippen LogP contribution in [0.2, 0.25) is 0 Å². The van der Waals surface area contributed by atoms with Crippen molar-refractivity contribution in [3.63, 3.8) is 0 Å². The molecule has 0 N–H and O–H groups in total. The maximum atomic E-state index is 2.38. The van der Waals surface area contributed by atoms with Crippen LogP contribution in [0.25, 0.3) is 0 Å². The van der Waals surface area contributed by atoms with Gasteiger partial charge in [0.05, 0.1) is 0 Å². The Morgan fingerprint density at radius 2 is 0.808 bits per heavy atom. The van der Waals surface area contributed by atoms with Crippen molar-refractivity contribution in [2.45, 2.75) is 26.2 Å². The highest BCUT2D eigenvalue weighted by atomic mass is 15.1. The van der Waals surface area contributed by atoms with Gasteiger partial charge >= 0.3 is 0 Å². The van der Waals surface area contributed by atoms with Crippen LogP contribution in [-0.4, -0.2) is 23.9 Å². The van der Waals surface area contributed by atoms with E-state index in [1.54, 1.807) is 0 Å². The predicted molar refractivity (Wildman–Crippen MR) is 110 cm³/mol. The molecule has 0 saturated carbocycles. The van der Waals surface area contributed by atoms with Gasteiger partial charge in [0.25, 0.3) is 0 Å². The molecule has 0 aliphatic rings. The monoisotopic (exact) mass is 344 g/mol. The van der Waals surface area contributed by atoms with Crippen LogP contribution in [0.4, 0.5) is 0 Å². The van der Waals surface area contributed by atoms with E-state index in [1.807, 2.05) is 0 Å². The van der Waals surface area contributed by atoms with Crippen molar-refractivity contribution in [1.29, 1.82) is 0 Å². The second kappa shape index (κ2) is 9.33. The lowest BCUT2D eigenvalue weighted by atomic mass is 10.1. The molecule has 0 amide bonds. The fourth-order valence-corrected chi connectivity index (χ4v) is 3.35. The summed E-state index contributed by atoms with van der Waals surface area (Å²) in [6, 6.07) is 30.1. The molecular formula is C24H28N2. The molecule has 0 unspecified atom stereocenters. The first kappa shape index (κ1) is 18.4. The van der Waals surface area contributed by atoms with Gasteiger partial charge in [-0.2, -0.15) is 0 Å². The Morgan fingerprint density at radius 1 is 0.462 bits per heavy atom. The molecule has 3 rings (SSSR count). The Morgan fingerprint density at radius 3 is 1.19 bits per heavy atom. The van der Waals surface area contributed by atoms with Crippen molar-refractivity contribution < 1.29 is 0 Å². The summed E-state index contributed by atoms with van der Waals surface area (Å²) >= 11 is 0. The van der Waals surface area contributed by atoms with Crippen LogP contribution in [0.5, 0.6) is 0 Å². The molecule has 2 nitrogen and oxygen atoms in total. The first-order valence-electron chi connectivity index (χ1n) is 9.22. The predicted octanol–water partition coefficient (Wildman–Crippen LogP) is 4.95. The molecule has 3 aromatic rings. The van der Waals surface area contributed by atoms with Crippen molar-refractivity contribution in [3.8, 4) is 0 Å². The molecule has 0 fully saturated rings. The smallest absolute Gasteiger partial charge is 0.0237 e. The van der Waals surface area contributed by atoms with Crippen molar-refractivity contribution in [2.75, 3.05) is 14.1 Å². The average Bonchev–Trinajstić information content (AvgIpc) is 2.65. The van der Waals surface area contributed by atoms with E-state index in [0.717, 1.165) is 26.2 Å². The van der Waals surface area contributed by atoms with Crippen LogP contribution >= 0.6 is 0 Å². The van der Waals surface area contributed by atoms with Crippen molar-refractivity contribution >= 4 is 0 Å². The van der Waals surface area contributed by atoms with Gasteiger partial charge in [0.1, 0.15) is 0 Å². The summed E-state index contributed by atoms with van der Waals surface area (Å²) in [7, 11) is 4.38. The van der Waals surface area contributed by atoms with E-state index in [-0.39, 0.29) is 0 Å². The third kappa shape index (κ3) is 5.55. The summed E-state index contributed by atoms with van der Waals surface area (Å²) < 4.78 is 0. The molecular weight excluding hydrogens is 316 g/mol. The lowest BCUT2D eigenvalue weighted by molar-refractivity contribution is 0.302. The van der Waals surface area contributed by atoms with Crippen LogP contribution in [0.15, 0.2) is 84.9 Å². The summed E-state index contributed by atoms with van der Waals surface area (Å²) in [5, 5.41) is 0. The zero-order chi connectivity index (χ0) is 18.2. The highest BCUT2D eigenvalue weighted by molar-refractivity contribution is 5.27. The number of hydrogen-bond acceptors (Lipinski definition) is 2. The van der Waals surface area contributed by atoms with Crippen LogP contribution in [0.1, 0.15) is 22.3 Å². The van der Waals surface area contributed by atoms with Crippen LogP contribution in [0, 0.1) is 0 Å². The van der Waals surface area contributed by atoms with Gasteiger partial charge in [0, 0.05) is 26.2 Å².